The van der Waals surface area contributed by atoms with Crippen molar-refractivity contribution in [1.29, 1.82) is 0 Å². The summed E-state index contributed by atoms with van der Waals surface area (Å²) in [6.07, 6.45) is -0.485. The van der Waals surface area contributed by atoms with Gasteiger partial charge in [0.25, 0.3) is 0 Å². The molecule has 3 atom stereocenters. The topological polar surface area (TPSA) is 56.8 Å². The fraction of sp³-hybridized carbons (Fsp3) is 0.500. The molecule has 0 bridgehead atoms. The highest BCUT2D eigenvalue weighted by Crippen LogP contribution is 2.48. The van der Waals surface area contributed by atoms with Crippen LogP contribution in [0.4, 0.5) is 0 Å². The van der Waals surface area contributed by atoms with Crippen LogP contribution in [0.3, 0.4) is 0 Å². The van der Waals surface area contributed by atoms with Crippen LogP contribution in [-0.2, 0) is 14.3 Å². The Morgan fingerprint density at radius 2 is 1.96 bits per heavy atom. The minimum absolute atomic E-state index is 0.0936. The van der Waals surface area contributed by atoms with Crippen molar-refractivity contribution in [3.05, 3.63) is 40.4 Å². The predicted molar refractivity (Wildman–Crippen MR) is 96.1 cm³/mol. The first-order valence-electron chi connectivity index (χ1n) is 7.98. The first kappa shape index (κ1) is 18.8. The average Bonchev–Trinajstić information content (AvgIpc) is 2.87. The summed E-state index contributed by atoms with van der Waals surface area (Å²) in [5.74, 6) is 0.820. The van der Waals surface area contributed by atoms with E-state index in [0.717, 1.165) is 21.9 Å². The van der Waals surface area contributed by atoms with E-state index in [4.69, 9.17) is 14.2 Å². The number of ether oxygens (including phenoxy) is 3. The predicted octanol–water partition coefficient (Wildman–Crippen LogP) is 3.27. The number of amides is 1. The summed E-state index contributed by atoms with van der Waals surface area (Å²) in [5, 5.41) is 4.02. The molecule has 24 heavy (non-hydrogen) atoms. The molecule has 0 aromatic heterocycles. The van der Waals surface area contributed by atoms with E-state index in [1.807, 2.05) is 19.1 Å². The van der Waals surface area contributed by atoms with Gasteiger partial charge in [0.2, 0.25) is 5.91 Å². The number of carbonyl (C=O) groups is 1. The highest BCUT2D eigenvalue weighted by molar-refractivity contribution is 8.04. The molecule has 5 nitrogen and oxygen atoms in total. The summed E-state index contributed by atoms with van der Waals surface area (Å²) in [7, 11) is 3.27. The van der Waals surface area contributed by atoms with Crippen molar-refractivity contribution in [3.63, 3.8) is 0 Å². The van der Waals surface area contributed by atoms with Gasteiger partial charge < -0.3 is 19.5 Å². The molecule has 0 aliphatic carbocycles. The molecule has 2 rings (SSSR count). The van der Waals surface area contributed by atoms with Crippen LogP contribution in [0.5, 0.6) is 5.75 Å². The molecule has 1 aliphatic rings. The van der Waals surface area contributed by atoms with Crippen molar-refractivity contribution in [3.8, 4) is 5.75 Å². The number of benzene rings is 1. The molecular weight excluding hydrogens is 326 g/mol. The maximum absolute atomic E-state index is 11.6. The molecule has 0 radical (unpaired) electrons. The lowest BCUT2D eigenvalue weighted by Crippen LogP contribution is -2.27. The number of hydrogen-bond acceptors (Lipinski definition) is 5. The highest BCUT2D eigenvalue weighted by atomic mass is 32.2. The maximum atomic E-state index is 11.6. The maximum Gasteiger partial charge on any atom is 0.221 e. The van der Waals surface area contributed by atoms with Crippen molar-refractivity contribution < 1.29 is 19.0 Å². The second-order valence-electron chi connectivity index (χ2n) is 5.56. The van der Waals surface area contributed by atoms with E-state index in [1.165, 1.54) is 6.92 Å². The lowest BCUT2D eigenvalue weighted by Gasteiger charge is -2.25. The van der Waals surface area contributed by atoms with Crippen molar-refractivity contribution in [2.45, 2.75) is 38.2 Å². The van der Waals surface area contributed by atoms with E-state index in [9.17, 15) is 4.79 Å². The lowest BCUT2D eigenvalue weighted by atomic mass is 9.88. The van der Waals surface area contributed by atoms with Crippen LogP contribution in [0, 0.1) is 0 Å². The van der Waals surface area contributed by atoms with E-state index in [-0.39, 0.29) is 17.1 Å². The van der Waals surface area contributed by atoms with Gasteiger partial charge in [-0.15, -0.1) is 11.8 Å². The quantitative estimate of drug-likeness (QED) is 0.764. The zero-order chi connectivity index (χ0) is 17.7. The molecule has 1 aromatic carbocycles. The van der Waals surface area contributed by atoms with E-state index < -0.39 is 6.29 Å². The molecule has 0 saturated heterocycles. The Labute approximate surface area is 147 Å². The lowest BCUT2D eigenvalue weighted by molar-refractivity contribution is -0.118. The number of methoxy groups -OCH3 is 2. The minimum Gasteiger partial charge on any atom is -0.497 e. The number of thioether (sulfide) groups is 1. The smallest absolute Gasteiger partial charge is 0.221 e. The van der Waals surface area contributed by atoms with Crippen LogP contribution in [0.15, 0.2) is 34.9 Å². The Bertz CT molecular complexity index is 600. The number of nitrogens with one attached hydrogen (secondary N) is 1. The third-order valence-corrected chi connectivity index (χ3v) is 5.14. The minimum atomic E-state index is -0.485. The van der Waals surface area contributed by atoms with Crippen molar-refractivity contribution in [1.82, 2.24) is 5.32 Å². The van der Waals surface area contributed by atoms with Crippen molar-refractivity contribution >= 4 is 17.7 Å². The summed E-state index contributed by atoms with van der Waals surface area (Å²) in [5.41, 5.74) is 2.12. The number of hydrogen-bond donors (Lipinski definition) is 1. The molecule has 0 spiro atoms. The SMILES string of the molecule is CCOC(OC)C1=C(NC(C)=O)SC(C)C1c1ccc(OC)cc1. The fourth-order valence-corrected chi connectivity index (χ4v) is 4.30. The van der Waals surface area contributed by atoms with Crippen LogP contribution in [-0.4, -0.2) is 38.3 Å². The van der Waals surface area contributed by atoms with Gasteiger partial charge in [-0.3, -0.25) is 4.79 Å². The monoisotopic (exact) mass is 351 g/mol. The Morgan fingerprint density at radius 3 is 2.46 bits per heavy atom. The van der Waals surface area contributed by atoms with Gasteiger partial charge in [0.15, 0.2) is 6.29 Å². The van der Waals surface area contributed by atoms with Gasteiger partial charge in [-0.05, 0) is 24.6 Å². The van der Waals surface area contributed by atoms with Crippen LogP contribution in [0.1, 0.15) is 32.3 Å². The average molecular weight is 351 g/mol. The molecule has 132 valence electrons. The van der Waals surface area contributed by atoms with Crippen LogP contribution >= 0.6 is 11.8 Å². The van der Waals surface area contributed by atoms with Gasteiger partial charge in [-0.1, -0.05) is 19.1 Å². The van der Waals surface area contributed by atoms with Crippen LogP contribution in [0.2, 0.25) is 0 Å². The molecule has 6 heteroatoms. The zero-order valence-corrected chi connectivity index (χ0v) is 15.6. The molecule has 3 unspecified atom stereocenters. The van der Waals surface area contributed by atoms with Gasteiger partial charge in [0.05, 0.1) is 12.1 Å². The molecule has 1 heterocycles. The normalized spacial score (nSPS) is 21.7. The summed E-state index contributed by atoms with van der Waals surface area (Å²) in [6.45, 7) is 6.12. The van der Waals surface area contributed by atoms with Gasteiger partial charge in [-0.25, -0.2) is 0 Å². The van der Waals surface area contributed by atoms with E-state index in [1.54, 1.807) is 26.0 Å². The Hall–Kier alpha value is -1.50. The molecule has 0 fully saturated rings. The first-order valence-corrected chi connectivity index (χ1v) is 8.86. The van der Waals surface area contributed by atoms with E-state index in [2.05, 4.69) is 24.4 Å². The second kappa shape index (κ2) is 8.55. The number of carbonyl (C=O) groups excluding carboxylic acids is 1. The molecule has 1 aliphatic heterocycles. The van der Waals surface area contributed by atoms with Crippen molar-refractivity contribution in [2.75, 3.05) is 20.8 Å². The van der Waals surface area contributed by atoms with Crippen molar-refractivity contribution in [2.24, 2.45) is 0 Å². The van der Waals surface area contributed by atoms with Crippen LogP contribution < -0.4 is 10.1 Å². The third-order valence-electron chi connectivity index (χ3n) is 3.92. The van der Waals surface area contributed by atoms with E-state index >= 15 is 0 Å². The van der Waals surface area contributed by atoms with Crippen LogP contribution in [0.25, 0.3) is 0 Å². The summed E-state index contributed by atoms with van der Waals surface area (Å²) in [4.78, 5) is 11.6. The zero-order valence-electron chi connectivity index (χ0n) is 14.8. The Morgan fingerprint density at radius 1 is 1.29 bits per heavy atom. The first-order chi connectivity index (χ1) is 11.5. The second-order valence-corrected chi connectivity index (χ2v) is 6.95. The summed E-state index contributed by atoms with van der Waals surface area (Å²) < 4.78 is 16.6. The third kappa shape index (κ3) is 4.12. The van der Waals surface area contributed by atoms with Gasteiger partial charge >= 0.3 is 0 Å². The Balaban J connectivity index is 2.44. The fourth-order valence-electron chi connectivity index (χ4n) is 2.93. The Kier molecular flexibility index (Phi) is 6.71. The number of rotatable bonds is 7. The summed E-state index contributed by atoms with van der Waals surface area (Å²) >= 11 is 1.64. The largest absolute Gasteiger partial charge is 0.497 e. The molecule has 1 N–H and O–H groups in total. The van der Waals surface area contributed by atoms with E-state index in [0.29, 0.717) is 6.61 Å². The summed E-state index contributed by atoms with van der Waals surface area (Å²) in [6, 6.07) is 8.00. The molecule has 1 amide bonds. The van der Waals surface area contributed by atoms with Gasteiger partial charge in [0.1, 0.15) is 5.75 Å². The molecular formula is C18H25NO4S. The highest BCUT2D eigenvalue weighted by Gasteiger charge is 2.39. The standard InChI is InChI=1S/C18H25NO4S/c1-6-23-18(22-5)16-15(11(2)24-17(16)19-12(3)20)13-7-9-14(21-4)10-8-13/h7-11,15,18H,6H2,1-5H3,(H,19,20). The molecule has 1 aromatic rings. The molecule has 0 saturated carbocycles. The van der Waals surface area contributed by atoms with Gasteiger partial charge in [0, 0.05) is 37.4 Å². The van der Waals surface area contributed by atoms with Gasteiger partial charge in [-0.2, -0.15) is 0 Å².